The third kappa shape index (κ3) is 4.31. The number of pyridine rings is 1. The Morgan fingerprint density at radius 2 is 1.76 bits per heavy atom. The second kappa shape index (κ2) is 7.04. The fraction of sp³-hybridized carbons (Fsp3) is 0.133. The molecule has 0 unspecified atom stereocenters. The van der Waals surface area contributed by atoms with Gasteiger partial charge in [-0.15, -0.1) is 0 Å². The summed E-state index contributed by atoms with van der Waals surface area (Å²) in [5, 5.41) is 0. The number of nitrogens with zero attached hydrogens (tertiary/aromatic N) is 1. The van der Waals surface area contributed by atoms with Gasteiger partial charge in [0.05, 0.1) is 0 Å². The van der Waals surface area contributed by atoms with Crippen LogP contribution in [0, 0.1) is 0 Å². The lowest BCUT2D eigenvalue weighted by molar-refractivity contribution is -0.128. The number of carbonyl (C=O) groups excluding carboxylic acids is 2. The molecular formula is C15H15N3O3. The Hall–Kier alpha value is -2.89. The minimum atomic E-state index is -0.739. The van der Waals surface area contributed by atoms with E-state index in [9.17, 15) is 9.59 Å². The summed E-state index contributed by atoms with van der Waals surface area (Å²) in [5.74, 6) is -0.366. The van der Waals surface area contributed by atoms with Crippen LogP contribution in [0.15, 0.2) is 54.7 Å². The van der Waals surface area contributed by atoms with Crippen molar-refractivity contribution in [3.05, 3.63) is 60.4 Å². The van der Waals surface area contributed by atoms with Crippen LogP contribution in [-0.4, -0.2) is 22.9 Å². The predicted molar refractivity (Wildman–Crippen MR) is 76.4 cm³/mol. The van der Waals surface area contributed by atoms with Crippen LogP contribution in [-0.2, 0) is 4.79 Å². The third-order valence-corrected chi connectivity index (χ3v) is 2.62. The lowest BCUT2D eigenvalue weighted by atomic mass is 10.3. The Balaban J connectivity index is 1.83. The minimum absolute atomic E-state index is 0.217. The summed E-state index contributed by atoms with van der Waals surface area (Å²) in [6, 6.07) is 13.9. The summed E-state index contributed by atoms with van der Waals surface area (Å²) in [6.07, 6.45) is 0.758. The molecule has 1 heterocycles. The molecule has 2 rings (SSSR count). The Bertz CT molecular complexity index is 602. The zero-order valence-electron chi connectivity index (χ0n) is 11.4. The van der Waals surface area contributed by atoms with Gasteiger partial charge < -0.3 is 4.74 Å². The van der Waals surface area contributed by atoms with E-state index in [1.165, 1.54) is 6.20 Å². The number of ether oxygens (including phenoxy) is 1. The van der Waals surface area contributed by atoms with E-state index in [0.29, 0.717) is 5.75 Å². The molecule has 0 saturated carbocycles. The van der Waals surface area contributed by atoms with E-state index in [1.807, 2.05) is 18.2 Å². The highest BCUT2D eigenvalue weighted by Gasteiger charge is 2.15. The highest BCUT2D eigenvalue weighted by Crippen LogP contribution is 2.10. The van der Waals surface area contributed by atoms with Gasteiger partial charge in [-0.2, -0.15) is 0 Å². The number of hydrazine groups is 1. The monoisotopic (exact) mass is 285 g/mol. The molecule has 0 aliphatic heterocycles. The number of hydrogen-bond acceptors (Lipinski definition) is 4. The summed E-state index contributed by atoms with van der Waals surface area (Å²) in [7, 11) is 0. The molecule has 6 heteroatoms. The van der Waals surface area contributed by atoms with E-state index in [-0.39, 0.29) is 5.69 Å². The van der Waals surface area contributed by atoms with E-state index in [2.05, 4.69) is 15.8 Å². The van der Waals surface area contributed by atoms with E-state index >= 15 is 0 Å². The van der Waals surface area contributed by atoms with Gasteiger partial charge in [-0.05, 0) is 31.2 Å². The topological polar surface area (TPSA) is 80.3 Å². The van der Waals surface area contributed by atoms with Crippen LogP contribution >= 0.6 is 0 Å². The van der Waals surface area contributed by atoms with Gasteiger partial charge in [0.25, 0.3) is 11.8 Å². The van der Waals surface area contributed by atoms with Crippen LogP contribution in [0.3, 0.4) is 0 Å². The third-order valence-electron chi connectivity index (χ3n) is 2.62. The predicted octanol–water partition coefficient (Wildman–Crippen LogP) is 1.31. The zero-order valence-corrected chi connectivity index (χ0v) is 11.4. The second-order valence-corrected chi connectivity index (χ2v) is 4.23. The maximum atomic E-state index is 11.8. The summed E-state index contributed by atoms with van der Waals surface area (Å²) in [6.45, 7) is 1.59. The maximum absolute atomic E-state index is 11.8. The minimum Gasteiger partial charge on any atom is -0.481 e. The van der Waals surface area contributed by atoms with Crippen molar-refractivity contribution in [1.82, 2.24) is 15.8 Å². The van der Waals surface area contributed by atoms with Crippen LogP contribution in [0.2, 0.25) is 0 Å². The molecule has 0 saturated heterocycles. The smallest absolute Gasteiger partial charge is 0.288 e. The zero-order chi connectivity index (χ0) is 15.1. The van der Waals surface area contributed by atoms with Gasteiger partial charge in [-0.3, -0.25) is 25.4 Å². The maximum Gasteiger partial charge on any atom is 0.288 e. The molecule has 1 atom stereocenters. The first-order chi connectivity index (χ1) is 10.2. The van der Waals surface area contributed by atoms with Crippen molar-refractivity contribution < 1.29 is 14.3 Å². The van der Waals surface area contributed by atoms with Crippen LogP contribution in [0.1, 0.15) is 17.4 Å². The van der Waals surface area contributed by atoms with Crippen molar-refractivity contribution in [2.24, 2.45) is 0 Å². The van der Waals surface area contributed by atoms with Crippen molar-refractivity contribution in [3.8, 4) is 5.75 Å². The number of para-hydroxylation sites is 1. The molecule has 0 aliphatic rings. The molecule has 108 valence electrons. The van der Waals surface area contributed by atoms with Gasteiger partial charge in [-0.25, -0.2) is 0 Å². The quantitative estimate of drug-likeness (QED) is 0.830. The van der Waals surface area contributed by atoms with Gasteiger partial charge in [0.1, 0.15) is 11.4 Å². The molecule has 0 aliphatic carbocycles. The van der Waals surface area contributed by atoms with Gasteiger partial charge in [-0.1, -0.05) is 24.3 Å². The largest absolute Gasteiger partial charge is 0.481 e. The fourth-order valence-electron chi connectivity index (χ4n) is 1.54. The number of amides is 2. The van der Waals surface area contributed by atoms with Crippen LogP contribution in [0.4, 0.5) is 0 Å². The molecule has 2 N–H and O–H groups in total. The summed E-state index contributed by atoms with van der Waals surface area (Å²) in [5.41, 5.74) is 4.80. The molecule has 6 nitrogen and oxygen atoms in total. The number of rotatable bonds is 4. The lowest BCUT2D eigenvalue weighted by Crippen LogP contribution is -2.47. The van der Waals surface area contributed by atoms with Gasteiger partial charge >= 0.3 is 0 Å². The first-order valence-corrected chi connectivity index (χ1v) is 6.40. The van der Waals surface area contributed by atoms with Gasteiger partial charge in [0.15, 0.2) is 6.10 Å². The molecule has 0 spiro atoms. The average molecular weight is 285 g/mol. The van der Waals surface area contributed by atoms with E-state index in [1.54, 1.807) is 37.3 Å². The second-order valence-electron chi connectivity index (χ2n) is 4.23. The molecule has 2 amide bonds. The van der Waals surface area contributed by atoms with E-state index in [0.717, 1.165) is 0 Å². The van der Waals surface area contributed by atoms with E-state index < -0.39 is 17.9 Å². The standard InChI is InChI=1S/C15H15N3O3/c1-11(21-12-7-3-2-4-8-12)14(19)17-18-15(20)13-9-5-6-10-16-13/h2-11H,1H3,(H,17,19)(H,18,20)/t11-/m1/s1. The van der Waals surface area contributed by atoms with E-state index in [4.69, 9.17) is 4.74 Å². The van der Waals surface area contributed by atoms with Crippen molar-refractivity contribution >= 4 is 11.8 Å². The molecule has 1 aromatic heterocycles. The molecular weight excluding hydrogens is 270 g/mol. The Kier molecular flexibility index (Phi) is 4.87. The summed E-state index contributed by atoms with van der Waals surface area (Å²) in [4.78, 5) is 27.4. The highest BCUT2D eigenvalue weighted by atomic mass is 16.5. The number of carbonyl (C=O) groups is 2. The molecule has 21 heavy (non-hydrogen) atoms. The highest BCUT2D eigenvalue weighted by molar-refractivity contribution is 5.94. The lowest BCUT2D eigenvalue weighted by Gasteiger charge is -2.14. The molecule has 2 aromatic rings. The van der Waals surface area contributed by atoms with Crippen molar-refractivity contribution in [3.63, 3.8) is 0 Å². The van der Waals surface area contributed by atoms with Gasteiger partial charge in [0.2, 0.25) is 0 Å². The Labute approximate surface area is 122 Å². The van der Waals surface area contributed by atoms with Crippen molar-refractivity contribution in [1.29, 1.82) is 0 Å². The van der Waals surface area contributed by atoms with Gasteiger partial charge in [0, 0.05) is 6.20 Å². The number of hydrogen-bond donors (Lipinski definition) is 2. The normalized spacial score (nSPS) is 11.3. The number of nitrogens with one attached hydrogen (secondary N) is 2. The average Bonchev–Trinajstić information content (AvgIpc) is 2.54. The molecule has 0 bridgehead atoms. The molecule has 0 radical (unpaired) electrons. The van der Waals surface area contributed by atoms with Crippen LogP contribution < -0.4 is 15.6 Å². The Morgan fingerprint density at radius 1 is 1.05 bits per heavy atom. The molecule has 1 aromatic carbocycles. The van der Waals surface area contributed by atoms with Crippen molar-refractivity contribution in [2.45, 2.75) is 13.0 Å². The first-order valence-electron chi connectivity index (χ1n) is 6.40. The number of benzene rings is 1. The number of aromatic nitrogens is 1. The SMILES string of the molecule is C[C@@H](Oc1ccccc1)C(=O)NNC(=O)c1ccccn1. The fourth-order valence-corrected chi connectivity index (χ4v) is 1.54. The molecule has 0 fully saturated rings. The van der Waals surface area contributed by atoms with Crippen LogP contribution in [0.5, 0.6) is 5.75 Å². The Morgan fingerprint density at radius 3 is 2.43 bits per heavy atom. The van der Waals surface area contributed by atoms with Crippen LogP contribution in [0.25, 0.3) is 0 Å². The summed E-state index contributed by atoms with van der Waals surface area (Å²) < 4.78 is 5.44. The first kappa shape index (κ1) is 14.5. The summed E-state index contributed by atoms with van der Waals surface area (Å²) >= 11 is 0. The van der Waals surface area contributed by atoms with Crippen molar-refractivity contribution in [2.75, 3.05) is 0 Å².